The number of carbonyl (C=O) groups excluding carboxylic acids is 1. The minimum atomic E-state index is -0.485. The zero-order valence-electron chi connectivity index (χ0n) is 10.5. The van der Waals surface area contributed by atoms with Crippen LogP contribution in [0.25, 0.3) is 11.2 Å². The second-order valence-corrected chi connectivity index (χ2v) is 4.49. The predicted molar refractivity (Wildman–Crippen MR) is 77.1 cm³/mol. The van der Waals surface area contributed by atoms with Crippen LogP contribution >= 0.6 is 11.6 Å². The van der Waals surface area contributed by atoms with Gasteiger partial charge in [0.05, 0.1) is 10.5 Å². The van der Waals surface area contributed by atoms with Crippen LogP contribution in [0.5, 0.6) is 0 Å². The lowest BCUT2D eigenvalue weighted by Crippen LogP contribution is -2.30. The lowest BCUT2D eigenvalue weighted by Gasteiger charge is -2.08. The number of nitrogens with one attached hydrogen (secondary N) is 4. The summed E-state index contributed by atoms with van der Waals surface area (Å²) in [4.78, 5) is 36.1. The molecule has 0 fully saturated rings. The van der Waals surface area contributed by atoms with Crippen molar-refractivity contribution in [2.45, 2.75) is 0 Å². The van der Waals surface area contributed by atoms with E-state index in [2.05, 4.69) is 30.8 Å². The van der Waals surface area contributed by atoms with Crippen LogP contribution in [0.3, 0.4) is 0 Å². The molecule has 4 N–H and O–H groups in total. The third-order valence-corrected chi connectivity index (χ3v) is 2.97. The Bertz CT molecular complexity index is 871. The van der Waals surface area contributed by atoms with Gasteiger partial charge in [-0.2, -0.15) is 0 Å². The van der Waals surface area contributed by atoms with Crippen LogP contribution < -0.4 is 16.5 Å². The third kappa shape index (κ3) is 2.70. The van der Waals surface area contributed by atoms with Gasteiger partial charge in [0.1, 0.15) is 5.69 Å². The molecular formula is C12H9ClN6O2. The first kappa shape index (κ1) is 13.1. The van der Waals surface area contributed by atoms with Crippen molar-refractivity contribution in [1.29, 1.82) is 0 Å². The molecule has 3 rings (SSSR count). The molecule has 0 aliphatic carbocycles. The number of pyridine rings is 2. The van der Waals surface area contributed by atoms with Gasteiger partial charge in [0.2, 0.25) is 0 Å². The number of fused-ring (bicyclic) bond motifs is 1. The van der Waals surface area contributed by atoms with Gasteiger partial charge in [0.15, 0.2) is 11.5 Å². The first-order chi connectivity index (χ1) is 10.1. The monoisotopic (exact) mass is 304 g/mol. The van der Waals surface area contributed by atoms with Gasteiger partial charge in [-0.05, 0) is 24.3 Å². The Labute approximate surface area is 122 Å². The minimum absolute atomic E-state index is 0.136. The Morgan fingerprint density at radius 3 is 2.90 bits per heavy atom. The normalized spacial score (nSPS) is 10.5. The lowest BCUT2D eigenvalue weighted by atomic mass is 10.3. The number of anilines is 1. The van der Waals surface area contributed by atoms with Crippen LogP contribution in [0.15, 0.2) is 35.3 Å². The maximum atomic E-state index is 12.0. The van der Waals surface area contributed by atoms with Gasteiger partial charge in [-0.3, -0.25) is 20.6 Å². The Morgan fingerprint density at radius 1 is 1.24 bits per heavy atom. The van der Waals surface area contributed by atoms with Gasteiger partial charge in [-0.1, -0.05) is 11.6 Å². The largest absolute Gasteiger partial charge is 0.325 e. The first-order valence-corrected chi connectivity index (χ1v) is 6.27. The summed E-state index contributed by atoms with van der Waals surface area (Å²) in [5.41, 5.74) is 5.62. The van der Waals surface area contributed by atoms with Crippen molar-refractivity contribution in [2.24, 2.45) is 0 Å². The average molecular weight is 305 g/mol. The fourth-order valence-electron chi connectivity index (χ4n) is 1.70. The minimum Gasteiger partial charge on any atom is -0.304 e. The summed E-state index contributed by atoms with van der Waals surface area (Å²) in [7, 11) is 0. The summed E-state index contributed by atoms with van der Waals surface area (Å²) >= 11 is 5.90. The molecule has 3 heterocycles. The van der Waals surface area contributed by atoms with E-state index in [1.807, 2.05) is 0 Å². The Hall–Kier alpha value is -2.87. The van der Waals surface area contributed by atoms with Gasteiger partial charge in [-0.15, -0.1) is 0 Å². The van der Waals surface area contributed by atoms with Gasteiger partial charge < -0.3 is 4.98 Å². The molecule has 0 aromatic carbocycles. The Morgan fingerprint density at radius 2 is 2.10 bits per heavy atom. The van der Waals surface area contributed by atoms with Crippen LogP contribution in [0.4, 0.5) is 5.82 Å². The quantitative estimate of drug-likeness (QED) is 0.540. The maximum Gasteiger partial charge on any atom is 0.325 e. The number of rotatable bonds is 3. The molecule has 0 atom stereocenters. The fraction of sp³-hybridized carbons (Fsp3) is 0. The van der Waals surface area contributed by atoms with Crippen molar-refractivity contribution in [3.8, 4) is 0 Å². The highest BCUT2D eigenvalue weighted by Gasteiger charge is 2.10. The molecule has 0 aliphatic heterocycles. The van der Waals surface area contributed by atoms with Crippen LogP contribution in [0.1, 0.15) is 10.5 Å². The molecule has 0 unspecified atom stereocenters. The Balaban J connectivity index is 1.77. The number of aromatic nitrogens is 4. The van der Waals surface area contributed by atoms with E-state index in [1.165, 1.54) is 12.3 Å². The van der Waals surface area contributed by atoms with E-state index in [1.54, 1.807) is 18.2 Å². The molecule has 0 aliphatic rings. The number of hydrogen-bond acceptors (Lipinski definition) is 5. The molecule has 3 aromatic rings. The number of hydrazine groups is 1. The van der Waals surface area contributed by atoms with Crippen molar-refractivity contribution >= 4 is 34.5 Å². The topological polar surface area (TPSA) is 116 Å². The molecule has 1 amide bonds. The number of carbonyl (C=O) groups is 1. The molecule has 3 aromatic heterocycles. The van der Waals surface area contributed by atoms with E-state index in [9.17, 15) is 9.59 Å². The van der Waals surface area contributed by atoms with Crippen LogP contribution in [0, 0.1) is 0 Å². The van der Waals surface area contributed by atoms with Crippen molar-refractivity contribution in [2.75, 3.05) is 5.43 Å². The second kappa shape index (κ2) is 5.25. The molecule has 0 radical (unpaired) electrons. The average Bonchev–Trinajstić information content (AvgIpc) is 2.85. The summed E-state index contributed by atoms with van der Waals surface area (Å²) in [5, 5.41) is 0.371. The third-order valence-electron chi connectivity index (χ3n) is 2.66. The van der Waals surface area contributed by atoms with Crippen LogP contribution in [-0.2, 0) is 0 Å². The summed E-state index contributed by atoms with van der Waals surface area (Å²) in [5.74, 6) is -0.163. The Kier molecular flexibility index (Phi) is 3.28. The van der Waals surface area contributed by atoms with Crippen molar-refractivity contribution in [1.82, 2.24) is 25.4 Å². The lowest BCUT2D eigenvalue weighted by molar-refractivity contribution is 0.0958. The van der Waals surface area contributed by atoms with E-state index in [0.717, 1.165) is 0 Å². The van der Waals surface area contributed by atoms with E-state index >= 15 is 0 Å². The van der Waals surface area contributed by atoms with Crippen molar-refractivity contribution in [3.63, 3.8) is 0 Å². The second-order valence-electron chi connectivity index (χ2n) is 4.08. The molecule has 0 spiro atoms. The predicted octanol–water partition coefficient (Wildman–Crippen LogP) is 1.06. The number of halogens is 1. The molecule has 0 bridgehead atoms. The number of nitrogens with zero attached hydrogens (tertiary/aromatic N) is 2. The summed E-state index contributed by atoms with van der Waals surface area (Å²) in [6.45, 7) is 0. The number of aromatic amines is 2. The highest BCUT2D eigenvalue weighted by molar-refractivity contribution is 6.32. The van der Waals surface area contributed by atoms with Gasteiger partial charge in [0, 0.05) is 6.20 Å². The zero-order valence-corrected chi connectivity index (χ0v) is 11.2. The molecule has 8 nitrogen and oxygen atoms in total. The number of H-pyrrole nitrogens is 2. The highest BCUT2D eigenvalue weighted by Crippen LogP contribution is 2.16. The van der Waals surface area contributed by atoms with Crippen LogP contribution in [-0.4, -0.2) is 25.8 Å². The molecule has 21 heavy (non-hydrogen) atoms. The van der Waals surface area contributed by atoms with Gasteiger partial charge in [0.25, 0.3) is 5.91 Å². The zero-order chi connectivity index (χ0) is 14.8. The molecule has 9 heteroatoms. The van der Waals surface area contributed by atoms with E-state index in [4.69, 9.17) is 11.6 Å². The van der Waals surface area contributed by atoms with Crippen LogP contribution in [0.2, 0.25) is 5.02 Å². The number of imidazole rings is 1. The molecule has 0 saturated heterocycles. The van der Waals surface area contributed by atoms with Gasteiger partial charge in [-0.25, -0.2) is 14.8 Å². The summed E-state index contributed by atoms with van der Waals surface area (Å²) in [6, 6.07) is 6.39. The number of hydrogen-bond donors (Lipinski definition) is 4. The standard InChI is InChI=1S/C12H9ClN6O2/c13-6-2-1-5-14-9(6)18-19-11(20)8-4-3-7-10(15-8)17-12(21)16-7/h1-5H,(H,14,18)(H,19,20)(H2,15,16,17,21). The van der Waals surface area contributed by atoms with Gasteiger partial charge >= 0.3 is 5.69 Å². The van der Waals surface area contributed by atoms with Crippen molar-refractivity contribution < 1.29 is 4.79 Å². The smallest absolute Gasteiger partial charge is 0.304 e. The first-order valence-electron chi connectivity index (χ1n) is 5.89. The molecule has 106 valence electrons. The number of amides is 1. The maximum absolute atomic E-state index is 12.0. The molecular weight excluding hydrogens is 296 g/mol. The SMILES string of the molecule is O=C(NNc1ncccc1Cl)c1ccc2[nH]c(=O)[nH]c2n1. The highest BCUT2D eigenvalue weighted by atomic mass is 35.5. The van der Waals surface area contributed by atoms with E-state index < -0.39 is 5.91 Å². The fourth-order valence-corrected chi connectivity index (χ4v) is 1.87. The molecule has 0 saturated carbocycles. The van der Waals surface area contributed by atoms with E-state index in [0.29, 0.717) is 22.0 Å². The van der Waals surface area contributed by atoms with Crippen molar-refractivity contribution in [3.05, 3.63) is 51.7 Å². The van der Waals surface area contributed by atoms with E-state index in [-0.39, 0.29) is 11.4 Å². The summed E-state index contributed by atoms with van der Waals surface area (Å²) in [6.07, 6.45) is 1.54. The summed E-state index contributed by atoms with van der Waals surface area (Å²) < 4.78 is 0.